The van der Waals surface area contributed by atoms with Crippen LogP contribution in [0.4, 0.5) is 23.2 Å². The van der Waals surface area contributed by atoms with E-state index in [2.05, 4.69) is 9.72 Å². The Bertz CT molecular complexity index is 524. The minimum absolute atomic E-state index is 0.422. The number of ether oxygens (including phenoxy) is 1. The SMILES string of the molecule is N#CCc1c([N+](=O)[O-])cnc(F)c1OC(F)(F)F. The summed E-state index contributed by atoms with van der Waals surface area (Å²) >= 11 is 0. The lowest BCUT2D eigenvalue weighted by atomic mass is 10.1. The van der Waals surface area contributed by atoms with E-state index in [1.165, 1.54) is 6.07 Å². The highest BCUT2D eigenvalue weighted by Crippen LogP contribution is 2.33. The average Bonchev–Trinajstić information content (AvgIpc) is 2.21. The van der Waals surface area contributed by atoms with Gasteiger partial charge in [-0.05, 0) is 0 Å². The fourth-order valence-corrected chi connectivity index (χ4v) is 1.12. The van der Waals surface area contributed by atoms with E-state index < -0.39 is 40.7 Å². The summed E-state index contributed by atoms with van der Waals surface area (Å²) in [4.78, 5) is 12.2. The van der Waals surface area contributed by atoms with Crippen LogP contribution in [0.2, 0.25) is 0 Å². The molecule has 0 saturated carbocycles. The van der Waals surface area contributed by atoms with Crippen molar-refractivity contribution in [2.24, 2.45) is 0 Å². The van der Waals surface area contributed by atoms with Crippen molar-refractivity contribution in [1.29, 1.82) is 5.26 Å². The van der Waals surface area contributed by atoms with Gasteiger partial charge in [0.2, 0.25) is 0 Å². The Kier molecular flexibility index (Phi) is 3.65. The molecule has 0 amide bonds. The van der Waals surface area contributed by atoms with Crippen molar-refractivity contribution in [3.05, 3.63) is 27.8 Å². The Morgan fingerprint density at radius 3 is 2.61 bits per heavy atom. The minimum atomic E-state index is -5.25. The first-order chi connectivity index (χ1) is 8.26. The van der Waals surface area contributed by atoms with E-state index in [4.69, 9.17) is 5.26 Å². The highest BCUT2D eigenvalue weighted by atomic mass is 19.4. The van der Waals surface area contributed by atoms with Crippen LogP contribution in [0.1, 0.15) is 5.56 Å². The number of aromatic nitrogens is 1. The summed E-state index contributed by atoms with van der Waals surface area (Å²) in [6, 6.07) is 1.39. The molecule has 6 nitrogen and oxygen atoms in total. The molecule has 0 saturated heterocycles. The Labute approximate surface area is 96.6 Å². The Morgan fingerprint density at radius 1 is 1.56 bits per heavy atom. The molecule has 0 atom stereocenters. The molecule has 0 spiro atoms. The lowest BCUT2D eigenvalue weighted by molar-refractivity contribution is -0.386. The van der Waals surface area contributed by atoms with Crippen LogP contribution in [-0.4, -0.2) is 16.3 Å². The van der Waals surface area contributed by atoms with Crippen molar-refractivity contribution < 1.29 is 27.2 Å². The van der Waals surface area contributed by atoms with Gasteiger partial charge in [0.05, 0.1) is 23.0 Å². The second kappa shape index (κ2) is 4.82. The van der Waals surface area contributed by atoms with Crippen LogP contribution >= 0.6 is 0 Å². The zero-order valence-electron chi connectivity index (χ0n) is 8.36. The Morgan fingerprint density at radius 2 is 2.17 bits per heavy atom. The minimum Gasteiger partial charge on any atom is -0.400 e. The van der Waals surface area contributed by atoms with Gasteiger partial charge in [-0.3, -0.25) is 10.1 Å². The molecule has 1 aromatic heterocycles. The zero-order chi connectivity index (χ0) is 13.9. The molecule has 1 aromatic rings. The third-order valence-corrected chi connectivity index (χ3v) is 1.74. The molecule has 0 aromatic carbocycles. The third-order valence-electron chi connectivity index (χ3n) is 1.74. The third kappa shape index (κ3) is 3.03. The predicted octanol–water partition coefficient (Wildman–Crippen LogP) is 2.09. The lowest BCUT2D eigenvalue weighted by Gasteiger charge is -2.11. The van der Waals surface area contributed by atoms with Crippen LogP contribution in [0, 0.1) is 27.4 Å². The molecule has 0 unspecified atom stereocenters. The van der Waals surface area contributed by atoms with Crippen molar-refractivity contribution in [1.82, 2.24) is 4.98 Å². The molecule has 10 heteroatoms. The van der Waals surface area contributed by atoms with E-state index in [1.807, 2.05) is 0 Å². The summed E-state index contributed by atoms with van der Waals surface area (Å²) in [5.74, 6) is -3.14. The van der Waals surface area contributed by atoms with Gasteiger partial charge in [0.15, 0.2) is 5.75 Å². The summed E-state index contributed by atoms with van der Waals surface area (Å²) in [5, 5.41) is 18.9. The maximum Gasteiger partial charge on any atom is 0.573 e. The van der Waals surface area contributed by atoms with Crippen molar-refractivity contribution >= 4 is 5.69 Å². The summed E-state index contributed by atoms with van der Waals surface area (Å²) in [5.41, 5.74) is -1.73. The predicted molar refractivity (Wildman–Crippen MR) is 46.8 cm³/mol. The van der Waals surface area contributed by atoms with Crippen molar-refractivity contribution in [3.8, 4) is 11.8 Å². The van der Waals surface area contributed by atoms with Gasteiger partial charge in [-0.25, -0.2) is 4.98 Å². The first-order valence-electron chi connectivity index (χ1n) is 4.20. The quantitative estimate of drug-likeness (QED) is 0.361. The molecule has 0 N–H and O–H groups in total. The fourth-order valence-electron chi connectivity index (χ4n) is 1.12. The number of hydrogen-bond acceptors (Lipinski definition) is 5. The van der Waals surface area contributed by atoms with E-state index in [0.717, 1.165) is 0 Å². The molecule has 0 aliphatic heterocycles. The zero-order valence-corrected chi connectivity index (χ0v) is 8.36. The van der Waals surface area contributed by atoms with Gasteiger partial charge in [0.1, 0.15) is 6.20 Å². The number of nitrogens with zero attached hydrogens (tertiary/aromatic N) is 3. The molecule has 1 rings (SSSR count). The standard InChI is InChI=1S/C8H3F4N3O3/c9-7-6(18-8(10,11)12)4(1-2-13)5(3-14-7)15(16)17/h3H,1H2. The molecule has 1 heterocycles. The summed E-state index contributed by atoms with van der Waals surface area (Å²) < 4.78 is 52.4. The Hall–Kier alpha value is -2.44. The molecule has 18 heavy (non-hydrogen) atoms. The number of pyridine rings is 1. The number of alkyl halides is 3. The molecule has 0 aliphatic rings. The van der Waals surface area contributed by atoms with E-state index in [0.29, 0.717) is 6.20 Å². The van der Waals surface area contributed by atoms with Crippen LogP contribution < -0.4 is 4.74 Å². The number of nitriles is 1. The van der Waals surface area contributed by atoms with E-state index >= 15 is 0 Å². The van der Waals surface area contributed by atoms with Crippen LogP contribution in [0.25, 0.3) is 0 Å². The maximum atomic E-state index is 13.1. The van der Waals surface area contributed by atoms with Gasteiger partial charge in [-0.15, -0.1) is 13.2 Å². The first-order valence-corrected chi connectivity index (χ1v) is 4.20. The summed E-state index contributed by atoms with van der Waals surface area (Å²) in [7, 11) is 0. The monoisotopic (exact) mass is 265 g/mol. The normalized spacial score (nSPS) is 10.8. The van der Waals surface area contributed by atoms with E-state index in [1.54, 1.807) is 0 Å². The number of hydrogen-bond donors (Lipinski definition) is 0. The van der Waals surface area contributed by atoms with Crippen molar-refractivity contribution in [3.63, 3.8) is 0 Å². The highest BCUT2D eigenvalue weighted by molar-refractivity contribution is 5.48. The smallest absolute Gasteiger partial charge is 0.400 e. The summed E-state index contributed by atoms with van der Waals surface area (Å²) in [6.07, 6.45) is -5.64. The van der Waals surface area contributed by atoms with Gasteiger partial charge in [-0.2, -0.15) is 9.65 Å². The summed E-state index contributed by atoms with van der Waals surface area (Å²) in [6.45, 7) is 0. The molecule has 0 bridgehead atoms. The van der Waals surface area contributed by atoms with Gasteiger partial charge >= 0.3 is 6.36 Å². The largest absolute Gasteiger partial charge is 0.573 e. The van der Waals surface area contributed by atoms with Gasteiger partial charge < -0.3 is 4.74 Å². The van der Waals surface area contributed by atoms with Crippen LogP contribution in [0.15, 0.2) is 6.20 Å². The van der Waals surface area contributed by atoms with Crippen molar-refractivity contribution in [2.45, 2.75) is 12.8 Å². The first kappa shape index (κ1) is 13.6. The molecular weight excluding hydrogens is 262 g/mol. The second-order valence-electron chi connectivity index (χ2n) is 2.88. The lowest BCUT2D eigenvalue weighted by Crippen LogP contribution is -2.20. The van der Waals surface area contributed by atoms with E-state index in [-0.39, 0.29) is 0 Å². The molecular formula is C8H3F4N3O3. The fraction of sp³-hybridized carbons (Fsp3) is 0.250. The molecule has 0 aliphatic carbocycles. The van der Waals surface area contributed by atoms with Gasteiger partial charge in [0, 0.05) is 0 Å². The van der Waals surface area contributed by atoms with Crippen LogP contribution in [-0.2, 0) is 6.42 Å². The topological polar surface area (TPSA) is 89.0 Å². The van der Waals surface area contributed by atoms with Crippen LogP contribution in [0.3, 0.4) is 0 Å². The number of halogens is 4. The number of nitro groups is 1. The van der Waals surface area contributed by atoms with Crippen LogP contribution in [0.5, 0.6) is 5.75 Å². The van der Waals surface area contributed by atoms with Crippen molar-refractivity contribution in [2.75, 3.05) is 0 Å². The Balaban J connectivity index is 3.42. The second-order valence-corrected chi connectivity index (χ2v) is 2.88. The molecule has 0 fully saturated rings. The molecule has 0 radical (unpaired) electrons. The highest BCUT2D eigenvalue weighted by Gasteiger charge is 2.36. The van der Waals surface area contributed by atoms with E-state index in [9.17, 15) is 27.7 Å². The van der Waals surface area contributed by atoms with Gasteiger partial charge in [-0.1, -0.05) is 0 Å². The molecule has 96 valence electrons. The average molecular weight is 265 g/mol. The number of rotatable bonds is 3. The maximum absolute atomic E-state index is 13.1. The van der Waals surface area contributed by atoms with Gasteiger partial charge in [0.25, 0.3) is 11.6 Å².